The molecule has 1 unspecified atom stereocenters. The summed E-state index contributed by atoms with van der Waals surface area (Å²) in [6.45, 7) is 4.19. The topological polar surface area (TPSA) is 83.1 Å². The third kappa shape index (κ3) is 3.87. The Labute approximate surface area is 151 Å². The zero-order chi connectivity index (χ0) is 17.1. The number of aryl methyl sites for hydroxylation is 1. The number of hydrogen-bond acceptors (Lipinski definition) is 8. The van der Waals surface area contributed by atoms with E-state index in [2.05, 4.69) is 37.7 Å². The number of rotatable bonds is 5. The first kappa shape index (κ1) is 16.6. The Kier molecular flexibility index (Phi) is 5.02. The van der Waals surface area contributed by atoms with Crippen LogP contribution in [0.2, 0.25) is 0 Å². The zero-order valence-corrected chi connectivity index (χ0v) is 14.9. The fraction of sp³-hybridized carbons (Fsp3) is 0.412. The molecule has 4 N–H and O–H groups in total. The maximum Gasteiger partial charge on any atom is 0.133 e. The molecule has 0 aliphatic carbocycles. The molecule has 0 radical (unpaired) electrons. The van der Waals surface area contributed by atoms with E-state index < -0.39 is 0 Å². The summed E-state index contributed by atoms with van der Waals surface area (Å²) in [7, 11) is 0. The quantitative estimate of drug-likeness (QED) is 0.597. The lowest BCUT2D eigenvalue weighted by Gasteiger charge is -2.14. The summed E-state index contributed by atoms with van der Waals surface area (Å²) in [4.78, 5) is 9.24. The van der Waals surface area contributed by atoms with Gasteiger partial charge in [0.15, 0.2) is 0 Å². The second-order valence-electron chi connectivity index (χ2n) is 6.05. The number of para-hydroxylation sites is 1. The number of fused-ring (bicyclic) bond motifs is 2. The number of nitrogens with one attached hydrogen (secondary N) is 4. The SMILES string of the molecule is Cc1nc2c(c(NCCSC3CNNN3)n1)Cc1ccccc1OC2. The van der Waals surface area contributed by atoms with Gasteiger partial charge in [-0.25, -0.2) is 20.8 Å². The average molecular weight is 358 g/mol. The number of benzene rings is 1. The van der Waals surface area contributed by atoms with Crippen LogP contribution < -0.4 is 26.4 Å². The van der Waals surface area contributed by atoms with Crippen LogP contribution in [-0.4, -0.2) is 34.2 Å². The number of anilines is 1. The van der Waals surface area contributed by atoms with E-state index in [1.54, 1.807) is 0 Å². The highest BCUT2D eigenvalue weighted by molar-refractivity contribution is 7.99. The van der Waals surface area contributed by atoms with Crippen molar-refractivity contribution in [1.82, 2.24) is 26.4 Å². The Morgan fingerprint density at radius 3 is 3.12 bits per heavy atom. The Bertz CT molecular complexity index is 750. The number of nitrogens with zero attached hydrogens (tertiary/aromatic N) is 2. The summed E-state index contributed by atoms with van der Waals surface area (Å²) < 4.78 is 5.93. The molecule has 0 bridgehead atoms. The molecule has 1 aromatic heterocycles. The van der Waals surface area contributed by atoms with Crippen LogP contribution >= 0.6 is 11.8 Å². The molecule has 1 atom stereocenters. The average Bonchev–Trinajstić information content (AvgIpc) is 3.06. The van der Waals surface area contributed by atoms with Crippen molar-refractivity contribution in [1.29, 1.82) is 0 Å². The van der Waals surface area contributed by atoms with Gasteiger partial charge in [0.2, 0.25) is 0 Å². The highest BCUT2D eigenvalue weighted by atomic mass is 32.2. The lowest BCUT2D eigenvalue weighted by Crippen LogP contribution is -2.32. The molecule has 4 rings (SSSR count). The maximum absolute atomic E-state index is 5.93. The third-order valence-electron chi connectivity index (χ3n) is 4.23. The van der Waals surface area contributed by atoms with Crippen LogP contribution in [0.5, 0.6) is 5.75 Å². The Balaban J connectivity index is 1.48. The van der Waals surface area contributed by atoms with Crippen molar-refractivity contribution in [2.45, 2.75) is 25.3 Å². The lowest BCUT2D eigenvalue weighted by atomic mass is 10.0. The van der Waals surface area contributed by atoms with Crippen molar-refractivity contribution in [3.05, 3.63) is 46.9 Å². The van der Waals surface area contributed by atoms with E-state index in [0.29, 0.717) is 12.0 Å². The molecule has 2 aliphatic heterocycles. The first-order chi connectivity index (χ1) is 12.3. The van der Waals surface area contributed by atoms with Crippen molar-refractivity contribution >= 4 is 17.6 Å². The molecule has 1 aromatic carbocycles. The van der Waals surface area contributed by atoms with Gasteiger partial charge in [0.05, 0.1) is 11.1 Å². The molecule has 2 aliphatic rings. The van der Waals surface area contributed by atoms with Crippen LogP contribution in [-0.2, 0) is 13.0 Å². The van der Waals surface area contributed by atoms with E-state index >= 15 is 0 Å². The van der Waals surface area contributed by atoms with E-state index in [4.69, 9.17) is 4.74 Å². The molecule has 1 saturated heterocycles. The van der Waals surface area contributed by atoms with Crippen molar-refractivity contribution in [3.8, 4) is 5.75 Å². The van der Waals surface area contributed by atoms with Gasteiger partial charge < -0.3 is 10.1 Å². The van der Waals surface area contributed by atoms with Gasteiger partial charge in [-0.1, -0.05) is 18.2 Å². The van der Waals surface area contributed by atoms with Crippen molar-refractivity contribution in [2.75, 3.05) is 24.2 Å². The number of thioether (sulfide) groups is 1. The van der Waals surface area contributed by atoms with E-state index in [-0.39, 0.29) is 0 Å². The molecular formula is C17H22N6OS. The summed E-state index contributed by atoms with van der Waals surface area (Å²) in [5.74, 6) is 3.63. The molecular weight excluding hydrogens is 336 g/mol. The predicted octanol–water partition coefficient (Wildman–Crippen LogP) is 1.35. The molecule has 25 heavy (non-hydrogen) atoms. The normalized spacial score (nSPS) is 18.8. The number of ether oxygens (including phenoxy) is 1. The first-order valence-corrected chi connectivity index (χ1v) is 9.50. The van der Waals surface area contributed by atoms with Gasteiger partial charge in [-0.05, 0) is 18.6 Å². The van der Waals surface area contributed by atoms with Gasteiger partial charge in [0.1, 0.15) is 24.0 Å². The fourth-order valence-electron chi connectivity index (χ4n) is 3.03. The van der Waals surface area contributed by atoms with E-state index in [1.165, 1.54) is 5.56 Å². The van der Waals surface area contributed by atoms with Gasteiger partial charge in [0, 0.05) is 30.8 Å². The number of hydrogen-bond donors (Lipinski definition) is 4. The summed E-state index contributed by atoms with van der Waals surface area (Å²) in [5, 5.41) is 3.89. The zero-order valence-electron chi connectivity index (χ0n) is 14.1. The predicted molar refractivity (Wildman–Crippen MR) is 99.4 cm³/mol. The van der Waals surface area contributed by atoms with Crippen molar-refractivity contribution < 1.29 is 4.74 Å². The largest absolute Gasteiger partial charge is 0.487 e. The van der Waals surface area contributed by atoms with Gasteiger partial charge >= 0.3 is 0 Å². The Morgan fingerprint density at radius 1 is 1.32 bits per heavy atom. The summed E-state index contributed by atoms with van der Waals surface area (Å²) >= 11 is 1.87. The molecule has 7 nitrogen and oxygen atoms in total. The molecule has 2 aromatic rings. The van der Waals surface area contributed by atoms with Crippen molar-refractivity contribution in [2.24, 2.45) is 0 Å². The van der Waals surface area contributed by atoms with Crippen LogP contribution in [0.25, 0.3) is 0 Å². The Hall–Kier alpha value is -1.87. The minimum Gasteiger partial charge on any atom is -0.487 e. The molecule has 8 heteroatoms. The Morgan fingerprint density at radius 2 is 2.24 bits per heavy atom. The summed E-state index contributed by atoms with van der Waals surface area (Å²) in [5.41, 5.74) is 12.4. The second kappa shape index (κ2) is 7.57. The van der Waals surface area contributed by atoms with Crippen LogP contribution in [0.15, 0.2) is 24.3 Å². The summed E-state index contributed by atoms with van der Waals surface area (Å²) in [6, 6.07) is 8.17. The molecule has 0 spiro atoms. The van der Waals surface area contributed by atoms with Crippen molar-refractivity contribution in [3.63, 3.8) is 0 Å². The minimum atomic E-state index is 0.395. The molecule has 3 heterocycles. The van der Waals surface area contributed by atoms with E-state index in [9.17, 15) is 0 Å². The monoisotopic (exact) mass is 358 g/mol. The first-order valence-electron chi connectivity index (χ1n) is 8.45. The lowest BCUT2D eigenvalue weighted by molar-refractivity contribution is 0.302. The third-order valence-corrected chi connectivity index (χ3v) is 5.36. The number of aromatic nitrogens is 2. The smallest absolute Gasteiger partial charge is 0.133 e. The van der Waals surface area contributed by atoms with E-state index in [0.717, 1.165) is 53.9 Å². The van der Waals surface area contributed by atoms with Gasteiger partial charge in [-0.15, -0.1) is 11.8 Å². The molecule has 1 fully saturated rings. The van der Waals surface area contributed by atoms with Gasteiger partial charge in [-0.2, -0.15) is 5.53 Å². The fourth-order valence-corrected chi connectivity index (χ4v) is 3.88. The van der Waals surface area contributed by atoms with Crippen LogP contribution in [0, 0.1) is 6.92 Å². The highest BCUT2D eigenvalue weighted by Crippen LogP contribution is 2.30. The van der Waals surface area contributed by atoms with Gasteiger partial charge in [0.25, 0.3) is 0 Å². The maximum atomic E-state index is 5.93. The standard InChI is InChI=1S/C17H22N6OS/c1-11-20-14-10-24-15-5-3-2-4-12(15)8-13(14)17(21-11)18-6-7-25-16-9-19-23-22-16/h2-5,16,19,22-23H,6-10H2,1H3,(H,18,20,21). The van der Waals surface area contributed by atoms with Crippen LogP contribution in [0.3, 0.4) is 0 Å². The van der Waals surface area contributed by atoms with Crippen LogP contribution in [0.1, 0.15) is 22.6 Å². The molecule has 0 saturated carbocycles. The van der Waals surface area contributed by atoms with Crippen LogP contribution in [0.4, 0.5) is 5.82 Å². The summed E-state index contributed by atoms with van der Waals surface area (Å²) in [6.07, 6.45) is 0.791. The highest BCUT2D eigenvalue weighted by Gasteiger charge is 2.20. The number of hydrazine groups is 2. The van der Waals surface area contributed by atoms with Gasteiger partial charge in [-0.3, -0.25) is 0 Å². The minimum absolute atomic E-state index is 0.395. The molecule has 132 valence electrons. The second-order valence-corrected chi connectivity index (χ2v) is 7.36. The van der Waals surface area contributed by atoms with E-state index in [1.807, 2.05) is 36.9 Å². The molecule has 0 amide bonds.